The van der Waals surface area contributed by atoms with Gasteiger partial charge in [-0.2, -0.15) is 0 Å². The molecule has 2 fully saturated rings. The molecule has 2 heterocycles. The molecule has 1 aromatic rings. The van der Waals surface area contributed by atoms with Gasteiger partial charge in [-0.05, 0) is 30.7 Å². The highest BCUT2D eigenvalue weighted by Crippen LogP contribution is 2.14. The molecular formula is C21H35N5O3. The van der Waals surface area contributed by atoms with Crippen LogP contribution in [0.4, 0.5) is 0 Å². The van der Waals surface area contributed by atoms with Crippen molar-refractivity contribution in [1.29, 1.82) is 0 Å². The second-order valence-electron chi connectivity index (χ2n) is 7.39. The van der Waals surface area contributed by atoms with Gasteiger partial charge in [-0.15, -0.1) is 0 Å². The van der Waals surface area contributed by atoms with Crippen molar-refractivity contribution in [3.63, 3.8) is 0 Å². The van der Waals surface area contributed by atoms with Crippen LogP contribution in [0.3, 0.4) is 0 Å². The second-order valence-corrected chi connectivity index (χ2v) is 7.39. The van der Waals surface area contributed by atoms with Crippen molar-refractivity contribution in [3.8, 4) is 5.75 Å². The quantitative estimate of drug-likeness (QED) is 0.334. The normalized spacial score (nSPS) is 19.2. The molecule has 2 aliphatic rings. The largest absolute Gasteiger partial charge is 0.492 e. The van der Waals surface area contributed by atoms with E-state index >= 15 is 0 Å². The summed E-state index contributed by atoms with van der Waals surface area (Å²) in [5.74, 6) is 1.37. The molecule has 3 rings (SSSR count). The predicted molar refractivity (Wildman–Crippen MR) is 114 cm³/mol. The summed E-state index contributed by atoms with van der Waals surface area (Å²) in [4.78, 5) is 9.23. The first kappa shape index (κ1) is 21.8. The van der Waals surface area contributed by atoms with Crippen molar-refractivity contribution in [2.75, 3.05) is 78.8 Å². The number of guanidine groups is 1. The number of nitrogens with two attached hydrogens (primary N) is 1. The lowest BCUT2D eigenvalue weighted by atomic mass is 10.2. The van der Waals surface area contributed by atoms with Crippen LogP contribution in [0.2, 0.25) is 0 Å². The van der Waals surface area contributed by atoms with Crippen LogP contribution in [0, 0.1) is 0 Å². The predicted octanol–water partition coefficient (Wildman–Crippen LogP) is 0.524. The minimum Gasteiger partial charge on any atom is -0.492 e. The van der Waals surface area contributed by atoms with E-state index in [9.17, 15) is 0 Å². The zero-order chi connectivity index (χ0) is 20.2. The van der Waals surface area contributed by atoms with Gasteiger partial charge in [-0.25, -0.2) is 4.99 Å². The molecule has 2 saturated heterocycles. The number of aliphatic imine (C=N–C) groups is 1. The van der Waals surface area contributed by atoms with Gasteiger partial charge >= 0.3 is 0 Å². The molecule has 29 heavy (non-hydrogen) atoms. The summed E-state index contributed by atoms with van der Waals surface area (Å²) < 4.78 is 16.6. The Morgan fingerprint density at radius 2 is 1.72 bits per heavy atom. The number of morpholine rings is 2. The van der Waals surface area contributed by atoms with Gasteiger partial charge in [-0.3, -0.25) is 9.80 Å². The SMILES string of the molecule is NC(=NCc1cccc(OCCN2CCOCC2)c1)NCCCN1CCOCC1. The van der Waals surface area contributed by atoms with Crippen molar-refractivity contribution in [3.05, 3.63) is 29.8 Å². The van der Waals surface area contributed by atoms with Crippen LogP contribution in [0.15, 0.2) is 29.3 Å². The molecule has 0 aromatic heterocycles. The number of benzene rings is 1. The first-order valence-corrected chi connectivity index (χ1v) is 10.7. The summed E-state index contributed by atoms with van der Waals surface area (Å²) in [5.41, 5.74) is 7.09. The minimum atomic E-state index is 0.491. The Bertz CT molecular complexity index is 616. The van der Waals surface area contributed by atoms with E-state index in [2.05, 4.69) is 20.1 Å². The molecule has 0 radical (unpaired) electrons. The van der Waals surface area contributed by atoms with Crippen molar-refractivity contribution in [1.82, 2.24) is 15.1 Å². The molecule has 8 heteroatoms. The molecule has 0 spiro atoms. The van der Waals surface area contributed by atoms with Gasteiger partial charge in [0.2, 0.25) is 0 Å². The molecule has 0 unspecified atom stereocenters. The first-order valence-electron chi connectivity index (χ1n) is 10.7. The van der Waals surface area contributed by atoms with E-state index in [1.165, 1.54) is 0 Å². The van der Waals surface area contributed by atoms with Gasteiger partial charge in [0, 0.05) is 39.3 Å². The maximum Gasteiger partial charge on any atom is 0.188 e. The Balaban J connectivity index is 1.31. The van der Waals surface area contributed by atoms with Crippen molar-refractivity contribution in [2.45, 2.75) is 13.0 Å². The van der Waals surface area contributed by atoms with Crippen LogP contribution < -0.4 is 15.8 Å². The van der Waals surface area contributed by atoms with Gasteiger partial charge in [0.15, 0.2) is 5.96 Å². The van der Waals surface area contributed by atoms with Crippen LogP contribution in [-0.4, -0.2) is 94.6 Å². The second kappa shape index (κ2) is 12.6. The fraction of sp³-hybridized carbons (Fsp3) is 0.667. The zero-order valence-corrected chi connectivity index (χ0v) is 17.4. The molecule has 0 amide bonds. The molecule has 162 valence electrons. The molecule has 0 bridgehead atoms. The number of nitrogens with zero attached hydrogens (tertiary/aromatic N) is 3. The lowest BCUT2D eigenvalue weighted by Crippen LogP contribution is -2.39. The summed E-state index contributed by atoms with van der Waals surface area (Å²) in [6, 6.07) is 8.07. The average Bonchev–Trinajstić information content (AvgIpc) is 2.77. The van der Waals surface area contributed by atoms with Crippen LogP contribution in [-0.2, 0) is 16.0 Å². The minimum absolute atomic E-state index is 0.491. The molecule has 3 N–H and O–H groups in total. The summed E-state index contributed by atoms with van der Waals surface area (Å²) in [7, 11) is 0. The topological polar surface area (TPSA) is 84.6 Å². The van der Waals surface area contributed by atoms with Gasteiger partial charge < -0.3 is 25.3 Å². The third-order valence-corrected chi connectivity index (χ3v) is 5.17. The van der Waals surface area contributed by atoms with E-state index in [0.717, 1.165) is 90.0 Å². The molecular weight excluding hydrogens is 370 g/mol. The van der Waals surface area contributed by atoms with Crippen molar-refractivity contribution < 1.29 is 14.2 Å². The van der Waals surface area contributed by atoms with E-state index in [1.54, 1.807) is 0 Å². The number of ether oxygens (including phenoxy) is 3. The average molecular weight is 406 g/mol. The summed E-state index contributed by atoms with van der Waals surface area (Å²) in [5, 5.41) is 3.20. The Labute approximate surface area is 174 Å². The van der Waals surface area contributed by atoms with Crippen LogP contribution in [0.1, 0.15) is 12.0 Å². The molecule has 0 saturated carbocycles. The number of nitrogens with one attached hydrogen (secondary N) is 1. The van der Waals surface area contributed by atoms with E-state index < -0.39 is 0 Å². The van der Waals surface area contributed by atoms with Crippen molar-refractivity contribution >= 4 is 5.96 Å². The summed E-state index contributed by atoms with van der Waals surface area (Å²) in [6.07, 6.45) is 1.04. The summed E-state index contributed by atoms with van der Waals surface area (Å²) >= 11 is 0. The fourth-order valence-corrected chi connectivity index (χ4v) is 3.43. The van der Waals surface area contributed by atoms with E-state index in [0.29, 0.717) is 19.1 Å². The third-order valence-electron chi connectivity index (χ3n) is 5.17. The Kier molecular flexibility index (Phi) is 9.52. The highest BCUT2D eigenvalue weighted by Gasteiger charge is 2.10. The Morgan fingerprint density at radius 1 is 1.03 bits per heavy atom. The number of rotatable bonds is 10. The highest BCUT2D eigenvalue weighted by atomic mass is 16.5. The maximum atomic E-state index is 6.00. The van der Waals surface area contributed by atoms with Gasteiger partial charge in [0.05, 0.1) is 33.0 Å². The highest BCUT2D eigenvalue weighted by molar-refractivity contribution is 5.77. The third kappa shape index (κ3) is 8.57. The Hall–Kier alpha value is -1.87. The van der Waals surface area contributed by atoms with Gasteiger partial charge in [-0.1, -0.05) is 12.1 Å². The van der Waals surface area contributed by atoms with Gasteiger partial charge in [0.25, 0.3) is 0 Å². The maximum absolute atomic E-state index is 6.00. The lowest BCUT2D eigenvalue weighted by Gasteiger charge is -2.26. The number of hydrogen-bond acceptors (Lipinski definition) is 6. The van der Waals surface area contributed by atoms with Crippen molar-refractivity contribution in [2.24, 2.45) is 10.7 Å². The fourth-order valence-electron chi connectivity index (χ4n) is 3.43. The van der Waals surface area contributed by atoms with Crippen LogP contribution in [0.25, 0.3) is 0 Å². The zero-order valence-electron chi connectivity index (χ0n) is 17.4. The summed E-state index contributed by atoms with van der Waals surface area (Å²) in [6.45, 7) is 11.4. The molecule has 2 aliphatic heterocycles. The molecule has 0 aliphatic carbocycles. The van der Waals surface area contributed by atoms with Crippen LogP contribution >= 0.6 is 0 Å². The molecule has 1 aromatic carbocycles. The van der Waals surface area contributed by atoms with Gasteiger partial charge in [0.1, 0.15) is 12.4 Å². The standard InChI is InChI=1S/C21H35N5O3/c22-21(23-5-2-6-25-7-12-27-13-8-25)24-18-19-3-1-4-20(17-19)29-16-11-26-9-14-28-15-10-26/h1,3-4,17H,2,5-16,18H2,(H3,22,23,24). The van der Waals surface area contributed by atoms with Crippen LogP contribution in [0.5, 0.6) is 5.75 Å². The monoisotopic (exact) mass is 405 g/mol. The molecule has 0 atom stereocenters. The molecule has 8 nitrogen and oxygen atoms in total. The smallest absolute Gasteiger partial charge is 0.188 e. The van der Waals surface area contributed by atoms with E-state index in [4.69, 9.17) is 19.9 Å². The van der Waals surface area contributed by atoms with E-state index in [-0.39, 0.29) is 0 Å². The lowest BCUT2D eigenvalue weighted by molar-refractivity contribution is 0.0322. The first-order chi connectivity index (χ1) is 14.3. The number of hydrogen-bond donors (Lipinski definition) is 2. The Morgan fingerprint density at radius 3 is 2.45 bits per heavy atom. The van der Waals surface area contributed by atoms with E-state index in [1.807, 2.05) is 24.3 Å².